The van der Waals surface area contributed by atoms with Gasteiger partial charge in [-0.2, -0.15) is 0 Å². The van der Waals surface area contributed by atoms with Gasteiger partial charge in [-0.15, -0.1) is 0 Å². The third-order valence-electron chi connectivity index (χ3n) is 7.53. The molecule has 0 radical (unpaired) electrons. The van der Waals surface area contributed by atoms with Crippen LogP contribution in [0.2, 0.25) is 0 Å². The van der Waals surface area contributed by atoms with Gasteiger partial charge in [0.15, 0.2) is 0 Å². The van der Waals surface area contributed by atoms with E-state index in [1.807, 2.05) is 46.2 Å². The number of benzene rings is 2. The number of rotatable bonds is 7. The van der Waals surface area contributed by atoms with E-state index < -0.39 is 0 Å². The lowest BCUT2D eigenvalue weighted by molar-refractivity contribution is -0.130. The van der Waals surface area contributed by atoms with Crippen molar-refractivity contribution in [2.75, 3.05) is 69.7 Å². The van der Waals surface area contributed by atoms with Gasteiger partial charge in [0.2, 0.25) is 5.91 Å². The molecule has 2 aliphatic heterocycles. The van der Waals surface area contributed by atoms with Gasteiger partial charge in [0.25, 0.3) is 11.8 Å². The van der Waals surface area contributed by atoms with E-state index in [-0.39, 0.29) is 17.7 Å². The van der Waals surface area contributed by atoms with Crippen LogP contribution in [0.5, 0.6) is 5.75 Å². The average Bonchev–Trinajstić information content (AvgIpc) is 3.31. The molecule has 0 aliphatic carbocycles. The molecule has 0 unspecified atom stereocenters. The molecular formula is C31H36N6O4. The van der Waals surface area contributed by atoms with Crippen LogP contribution in [0.25, 0.3) is 0 Å². The maximum atomic E-state index is 13.4. The van der Waals surface area contributed by atoms with Crippen molar-refractivity contribution in [2.45, 2.75) is 12.8 Å². The van der Waals surface area contributed by atoms with Gasteiger partial charge in [0.05, 0.1) is 30.5 Å². The second-order valence-corrected chi connectivity index (χ2v) is 10.2. The summed E-state index contributed by atoms with van der Waals surface area (Å²) < 4.78 is 5.21. The number of pyridine rings is 1. The molecule has 10 heteroatoms. The Morgan fingerprint density at radius 2 is 1.71 bits per heavy atom. The van der Waals surface area contributed by atoms with Gasteiger partial charge >= 0.3 is 0 Å². The number of hydrogen-bond acceptors (Lipinski definition) is 7. The molecule has 0 spiro atoms. The SMILES string of the molecule is COc1ccc(CC(=O)N2CCN(c3ccc(C(=O)N4CCCNCC4)cc3NC(=O)c3cccnc3)CC2)cc1. The van der Waals surface area contributed by atoms with Crippen molar-refractivity contribution in [3.63, 3.8) is 0 Å². The van der Waals surface area contributed by atoms with E-state index in [1.54, 1.807) is 31.5 Å². The molecule has 2 saturated heterocycles. The number of amides is 3. The fraction of sp³-hybridized carbons (Fsp3) is 0.355. The first-order chi connectivity index (χ1) is 20.0. The van der Waals surface area contributed by atoms with Gasteiger partial charge in [0, 0.05) is 63.8 Å². The summed E-state index contributed by atoms with van der Waals surface area (Å²) in [6, 6.07) is 16.5. The van der Waals surface area contributed by atoms with E-state index in [4.69, 9.17) is 4.74 Å². The monoisotopic (exact) mass is 556 g/mol. The predicted molar refractivity (Wildman–Crippen MR) is 158 cm³/mol. The lowest BCUT2D eigenvalue weighted by Crippen LogP contribution is -2.49. The topological polar surface area (TPSA) is 107 Å². The molecular weight excluding hydrogens is 520 g/mol. The quantitative estimate of drug-likeness (QED) is 0.461. The normalized spacial score (nSPS) is 15.7. The maximum Gasteiger partial charge on any atom is 0.257 e. The largest absolute Gasteiger partial charge is 0.497 e. The molecule has 10 nitrogen and oxygen atoms in total. The highest BCUT2D eigenvalue weighted by atomic mass is 16.5. The van der Waals surface area contributed by atoms with Crippen LogP contribution in [-0.2, 0) is 11.2 Å². The van der Waals surface area contributed by atoms with Crippen LogP contribution in [0.4, 0.5) is 11.4 Å². The number of nitrogens with zero attached hydrogens (tertiary/aromatic N) is 4. The molecule has 0 saturated carbocycles. The van der Waals surface area contributed by atoms with E-state index >= 15 is 0 Å². The second kappa shape index (κ2) is 13.3. The minimum absolute atomic E-state index is 0.0499. The summed E-state index contributed by atoms with van der Waals surface area (Å²) in [6.07, 6.45) is 4.36. The van der Waals surface area contributed by atoms with Crippen molar-refractivity contribution < 1.29 is 19.1 Å². The maximum absolute atomic E-state index is 13.4. The van der Waals surface area contributed by atoms with Gasteiger partial charge in [-0.3, -0.25) is 19.4 Å². The highest BCUT2D eigenvalue weighted by Gasteiger charge is 2.25. The number of hydrogen-bond donors (Lipinski definition) is 2. The Kier molecular flexibility index (Phi) is 9.10. The minimum Gasteiger partial charge on any atom is -0.497 e. The Hall–Kier alpha value is -4.44. The third kappa shape index (κ3) is 7.01. The number of piperazine rings is 1. The van der Waals surface area contributed by atoms with Gasteiger partial charge in [-0.1, -0.05) is 12.1 Å². The number of aromatic nitrogens is 1. The molecule has 5 rings (SSSR count). The predicted octanol–water partition coefficient (Wildman–Crippen LogP) is 2.67. The van der Waals surface area contributed by atoms with Crippen LogP contribution in [0, 0.1) is 0 Å². The molecule has 41 heavy (non-hydrogen) atoms. The van der Waals surface area contributed by atoms with Crippen LogP contribution >= 0.6 is 0 Å². The molecule has 2 aromatic carbocycles. The standard InChI is InChI=1S/C31H36N6O4/c1-41-26-8-5-23(6-9-26)20-29(38)36-18-16-35(17-19-36)28-10-7-24(31(40)37-14-3-12-32-13-15-37)21-27(28)34-30(39)25-4-2-11-33-22-25/h2,4-11,21-22,32H,3,12-20H2,1H3,(H,34,39). The highest BCUT2D eigenvalue weighted by molar-refractivity contribution is 6.07. The summed E-state index contributed by atoms with van der Waals surface area (Å²) in [5.74, 6) is 0.493. The second-order valence-electron chi connectivity index (χ2n) is 10.2. The zero-order chi connectivity index (χ0) is 28.6. The zero-order valence-electron chi connectivity index (χ0n) is 23.3. The van der Waals surface area contributed by atoms with Crippen molar-refractivity contribution in [3.8, 4) is 5.75 Å². The van der Waals surface area contributed by atoms with E-state index in [9.17, 15) is 14.4 Å². The lowest BCUT2D eigenvalue weighted by atomic mass is 10.1. The summed E-state index contributed by atoms with van der Waals surface area (Å²) in [5.41, 5.74) is 3.29. The molecule has 214 valence electrons. The molecule has 1 aromatic heterocycles. The fourth-order valence-electron chi connectivity index (χ4n) is 5.19. The van der Waals surface area contributed by atoms with Gasteiger partial charge < -0.3 is 30.1 Å². The summed E-state index contributed by atoms with van der Waals surface area (Å²) in [5, 5.41) is 6.34. The first-order valence-electron chi connectivity index (χ1n) is 14.0. The first kappa shape index (κ1) is 28.1. The molecule has 0 bridgehead atoms. The molecule has 3 heterocycles. The van der Waals surface area contributed by atoms with Crippen LogP contribution in [-0.4, -0.2) is 92.0 Å². The number of carbonyl (C=O) groups excluding carboxylic acids is 3. The molecule has 2 aliphatic rings. The van der Waals surface area contributed by atoms with E-state index in [1.165, 1.54) is 6.20 Å². The third-order valence-corrected chi connectivity index (χ3v) is 7.53. The summed E-state index contributed by atoms with van der Waals surface area (Å²) in [4.78, 5) is 49.4. The van der Waals surface area contributed by atoms with Gasteiger partial charge in [-0.05, 0) is 61.0 Å². The molecule has 3 aromatic rings. The first-order valence-corrected chi connectivity index (χ1v) is 14.0. The minimum atomic E-state index is -0.295. The van der Waals surface area contributed by atoms with Crippen LogP contribution < -0.4 is 20.3 Å². The molecule has 2 N–H and O–H groups in total. The Bertz CT molecular complexity index is 1350. The van der Waals surface area contributed by atoms with Crippen molar-refractivity contribution in [1.82, 2.24) is 20.1 Å². The molecule has 0 atom stereocenters. The summed E-state index contributed by atoms with van der Waals surface area (Å²) >= 11 is 0. The summed E-state index contributed by atoms with van der Waals surface area (Å²) in [7, 11) is 1.62. The Labute approximate surface area is 240 Å². The van der Waals surface area contributed by atoms with E-state index in [0.717, 1.165) is 36.5 Å². The van der Waals surface area contributed by atoms with Crippen LogP contribution in [0.1, 0.15) is 32.7 Å². The van der Waals surface area contributed by atoms with Crippen molar-refractivity contribution >= 4 is 29.1 Å². The Morgan fingerprint density at radius 3 is 2.44 bits per heavy atom. The zero-order valence-corrected chi connectivity index (χ0v) is 23.3. The van der Waals surface area contributed by atoms with E-state index in [0.29, 0.717) is 62.5 Å². The number of anilines is 2. The number of methoxy groups -OCH3 is 1. The van der Waals surface area contributed by atoms with Crippen LogP contribution in [0.3, 0.4) is 0 Å². The lowest BCUT2D eigenvalue weighted by Gasteiger charge is -2.37. The average molecular weight is 557 g/mol. The fourth-order valence-corrected chi connectivity index (χ4v) is 5.19. The molecule has 3 amide bonds. The van der Waals surface area contributed by atoms with Crippen molar-refractivity contribution in [2.24, 2.45) is 0 Å². The van der Waals surface area contributed by atoms with Crippen molar-refractivity contribution in [1.29, 1.82) is 0 Å². The summed E-state index contributed by atoms with van der Waals surface area (Å²) in [6.45, 7) is 5.32. The Balaban J connectivity index is 1.31. The Morgan fingerprint density at radius 1 is 0.902 bits per heavy atom. The number of nitrogens with one attached hydrogen (secondary N) is 2. The van der Waals surface area contributed by atoms with Crippen molar-refractivity contribution in [3.05, 3.63) is 83.7 Å². The molecule has 2 fully saturated rings. The smallest absolute Gasteiger partial charge is 0.257 e. The van der Waals surface area contributed by atoms with E-state index in [2.05, 4.69) is 20.5 Å². The highest BCUT2D eigenvalue weighted by Crippen LogP contribution is 2.30. The number of carbonyl (C=O) groups is 3. The van der Waals surface area contributed by atoms with Gasteiger partial charge in [0.1, 0.15) is 5.75 Å². The van der Waals surface area contributed by atoms with Gasteiger partial charge in [-0.25, -0.2) is 0 Å². The van der Waals surface area contributed by atoms with Crippen LogP contribution in [0.15, 0.2) is 67.0 Å². The number of ether oxygens (including phenoxy) is 1.